The Hall–Kier alpha value is -3.53. The van der Waals surface area contributed by atoms with Gasteiger partial charge < -0.3 is 19.3 Å². The Kier molecular flexibility index (Phi) is 7.00. The van der Waals surface area contributed by atoms with Gasteiger partial charge in [-0.2, -0.15) is 0 Å². The van der Waals surface area contributed by atoms with E-state index < -0.39 is 28.3 Å². The largest absolute Gasteiger partial charge is 0.413 e. The van der Waals surface area contributed by atoms with Crippen molar-refractivity contribution in [2.75, 3.05) is 53.1 Å². The van der Waals surface area contributed by atoms with Crippen molar-refractivity contribution < 1.29 is 26.7 Å². The lowest BCUT2D eigenvalue weighted by atomic mass is 9.93. The van der Waals surface area contributed by atoms with Crippen molar-refractivity contribution in [1.82, 2.24) is 30.4 Å². The van der Waals surface area contributed by atoms with Crippen LogP contribution >= 0.6 is 0 Å². The standard InChI is InChI=1S/C25H31F2N9O4S/c1-16-14-17(29-23(28-16)36-10-6-25(26,27)7-11-36)21-32-33-22(40-21)20-18(35-8-4-24(2-3-24)5-9-35)15-19(30-31-20)34-41(38,39)13-12-37/h14-15,37H,2-13H2,1H3,(H,30,34). The molecule has 2 N–H and O–H groups in total. The Bertz CT molecular complexity index is 1530. The van der Waals surface area contributed by atoms with E-state index in [2.05, 4.69) is 40.0 Å². The fourth-order valence-electron chi connectivity index (χ4n) is 5.31. The zero-order chi connectivity index (χ0) is 28.8. The highest BCUT2D eigenvalue weighted by Gasteiger charge is 2.45. The van der Waals surface area contributed by atoms with Crippen molar-refractivity contribution in [3.63, 3.8) is 0 Å². The van der Waals surface area contributed by atoms with Gasteiger partial charge in [-0.25, -0.2) is 27.2 Å². The highest BCUT2D eigenvalue weighted by atomic mass is 32.2. The molecule has 0 amide bonds. The Morgan fingerprint density at radius 1 is 0.927 bits per heavy atom. The average Bonchev–Trinajstić information content (AvgIpc) is 3.48. The second-order valence-corrected chi connectivity index (χ2v) is 12.9. The minimum atomic E-state index is -3.81. The molecule has 2 saturated heterocycles. The highest BCUT2D eigenvalue weighted by Crippen LogP contribution is 2.54. The number of aromatic nitrogens is 6. The first kappa shape index (κ1) is 27.6. The van der Waals surface area contributed by atoms with Crippen LogP contribution in [0, 0.1) is 12.3 Å². The van der Waals surface area contributed by atoms with E-state index in [1.165, 1.54) is 12.8 Å². The summed E-state index contributed by atoms with van der Waals surface area (Å²) in [6, 6.07) is 3.26. The summed E-state index contributed by atoms with van der Waals surface area (Å²) in [6.07, 6.45) is 3.94. The van der Waals surface area contributed by atoms with Crippen LogP contribution in [0.3, 0.4) is 0 Å². The van der Waals surface area contributed by atoms with Gasteiger partial charge in [0.25, 0.3) is 17.7 Å². The summed E-state index contributed by atoms with van der Waals surface area (Å²) in [6.45, 7) is 3.03. The molecule has 1 spiro atoms. The van der Waals surface area contributed by atoms with E-state index in [4.69, 9.17) is 9.52 Å². The number of hydrogen-bond acceptors (Lipinski definition) is 12. The Balaban J connectivity index is 1.30. The van der Waals surface area contributed by atoms with E-state index >= 15 is 0 Å². The third kappa shape index (κ3) is 6.07. The van der Waals surface area contributed by atoms with Gasteiger partial charge in [0.2, 0.25) is 16.0 Å². The number of nitrogens with one attached hydrogen (secondary N) is 1. The number of alkyl halides is 2. The number of nitrogens with zero attached hydrogens (tertiary/aromatic N) is 8. The van der Waals surface area contributed by atoms with E-state index in [9.17, 15) is 17.2 Å². The maximum atomic E-state index is 13.7. The van der Waals surface area contributed by atoms with Gasteiger partial charge in [-0.1, -0.05) is 0 Å². The Labute approximate surface area is 235 Å². The molecule has 1 aliphatic carbocycles. The van der Waals surface area contributed by atoms with Crippen molar-refractivity contribution in [1.29, 1.82) is 0 Å². The molecule has 220 valence electrons. The van der Waals surface area contributed by atoms with Gasteiger partial charge in [-0.05, 0) is 44.1 Å². The Morgan fingerprint density at radius 2 is 1.61 bits per heavy atom. The molecule has 0 aromatic carbocycles. The SMILES string of the molecule is Cc1cc(-c2nnc(-c3nnc(NS(=O)(=O)CCO)cc3N3CCC4(CC3)CC4)o2)nc(N2CCC(F)(F)CC2)n1. The van der Waals surface area contributed by atoms with Gasteiger partial charge in [0.05, 0.1) is 18.0 Å². The van der Waals surface area contributed by atoms with E-state index in [-0.39, 0.29) is 43.5 Å². The highest BCUT2D eigenvalue weighted by molar-refractivity contribution is 7.92. The number of piperidine rings is 2. The normalized spacial score (nSPS) is 19.9. The van der Waals surface area contributed by atoms with Crippen LogP contribution in [-0.2, 0) is 10.0 Å². The minimum Gasteiger partial charge on any atom is -0.413 e. The number of aliphatic hydroxyl groups is 1. The molecule has 0 bridgehead atoms. The minimum absolute atomic E-state index is 0.0202. The molecule has 0 unspecified atom stereocenters. The smallest absolute Gasteiger partial charge is 0.270 e. The van der Waals surface area contributed by atoms with Crippen LogP contribution in [0.15, 0.2) is 16.5 Å². The van der Waals surface area contributed by atoms with Gasteiger partial charge in [-0.15, -0.1) is 20.4 Å². The molecule has 13 nitrogen and oxygen atoms in total. The van der Waals surface area contributed by atoms with Crippen LogP contribution in [0.25, 0.3) is 23.2 Å². The quantitative estimate of drug-likeness (QED) is 0.394. The molecular formula is C25H31F2N9O4S. The van der Waals surface area contributed by atoms with Crippen molar-refractivity contribution >= 4 is 27.5 Å². The molecule has 5 heterocycles. The summed E-state index contributed by atoms with van der Waals surface area (Å²) in [4.78, 5) is 12.8. The zero-order valence-corrected chi connectivity index (χ0v) is 23.4. The van der Waals surface area contributed by atoms with E-state index in [1.807, 2.05) is 0 Å². The fraction of sp³-hybridized carbons (Fsp3) is 0.600. The second-order valence-electron chi connectivity index (χ2n) is 11.0. The van der Waals surface area contributed by atoms with Crippen LogP contribution in [0.5, 0.6) is 0 Å². The number of aryl methyl sites for hydroxylation is 1. The van der Waals surface area contributed by atoms with E-state index in [0.29, 0.717) is 34.1 Å². The van der Waals surface area contributed by atoms with Gasteiger partial charge in [-0.3, -0.25) is 4.72 Å². The number of halogens is 2. The van der Waals surface area contributed by atoms with Gasteiger partial charge in [0, 0.05) is 50.8 Å². The predicted molar refractivity (Wildman–Crippen MR) is 145 cm³/mol. The molecule has 2 aliphatic heterocycles. The molecule has 16 heteroatoms. The first-order chi connectivity index (χ1) is 19.5. The van der Waals surface area contributed by atoms with Crippen molar-refractivity contribution in [2.24, 2.45) is 5.41 Å². The van der Waals surface area contributed by atoms with E-state index in [1.54, 1.807) is 24.0 Å². The number of hydrogen-bond donors (Lipinski definition) is 2. The summed E-state index contributed by atoms with van der Waals surface area (Å²) in [5.41, 5.74) is 2.27. The van der Waals surface area contributed by atoms with Crippen molar-refractivity contribution in [3.8, 4) is 23.2 Å². The van der Waals surface area contributed by atoms with Crippen molar-refractivity contribution in [2.45, 2.75) is 51.4 Å². The van der Waals surface area contributed by atoms with Crippen molar-refractivity contribution in [3.05, 3.63) is 17.8 Å². The first-order valence-corrected chi connectivity index (χ1v) is 15.3. The second kappa shape index (κ2) is 10.4. The number of rotatable bonds is 8. The summed E-state index contributed by atoms with van der Waals surface area (Å²) in [5, 5.41) is 25.7. The predicted octanol–water partition coefficient (Wildman–Crippen LogP) is 2.64. The van der Waals surface area contributed by atoms with Crippen LogP contribution in [0.1, 0.15) is 44.2 Å². The summed E-state index contributed by atoms with van der Waals surface area (Å²) in [5.74, 6) is -2.64. The number of sulfonamides is 1. The number of aliphatic hydroxyl groups excluding tert-OH is 1. The summed E-state index contributed by atoms with van der Waals surface area (Å²) >= 11 is 0. The monoisotopic (exact) mass is 591 g/mol. The van der Waals surface area contributed by atoms with Crippen LogP contribution < -0.4 is 14.5 Å². The molecule has 1 saturated carbocycles. The molecule has 0 atom stereocenters. The molecule has 3 fully saturated rings. The lowest BCUT2D eigenvalue weighted by Crippen LogP contribution is -2.40. The van der Waals surface area contributed by atoms with Crippen LogP contribution in [0.2, 0.25) is 0 Å². The molecule has 3 aromatic heterocycles. The molecule has 3 aliphatic rings. The molecule has 6 rings (SSSR count). The molecule has 41 heavy (non-hydrogen) atoms. The summed E-state index contributed by atoms with van der Waals surface area (Å²) < 4.78 is 60.2. The maximum Gasteiger partial charge on any atom is 0.270 e. The first-order valence-electron chi connectivity index (χ1n) is 13.6. The zero-order valence-electron chi connectivity index (χ0n) is 22.6. The summed E-state index contributed by atoms with van der Waals surface area (Å²) in [7, 11) is -3.81. The van der Waals surface area contributed by atoms with Crippen LogP contribution in [-0.4, -0.2) is 88.3 Å². The number of anilines is 3. The third-order valence-corrected chi connectivity index (χ3v) is 9.22. The average molecular weight is 592 g/mol. The Morgan fingerprint density at radius 3 is 2.29 bits per heavy atom. The van der Waals surface area contributed by atoms with Gasteiger partial charge in [0.15, 0.2) is 11.5 Å². The van der Waals surface area contributed by atoms with Gasteiger partial charge in [0.1, 0.15) is 5.69 Å². The topological polar surface area (TPSA) is 163 Å². The lowest BCUT2D eigenvalue weighted by Gasteiger charge is -2.34. The third-order valence-electron chi connectivity index (χ3n) is 7.98. The van der Waals surface area contributed by atoms with Crippen LogP contribution in [0.4, 0.5) is 26.2 Å². The fourth-order valence-corrected chi connectivity index (χ4v) is 6.08. The lowest BCUT2D eigenvalue weighted by molar-refractivity contribution is -0.0222. The van der Waals surface area contributed by atoms with E-state index in [0.717, 1.165) is 25.9 Å². The maximum absolute atomic E-state index is 13.7. The van der Waals surface area contributed by atoms with Gasteiger partial charge >= 0.3 is 0 Å². The molecule has 0 radical (unpaired) electrons. The molecule has 3 aromatic rings. The molecular weight excluding hydrogens is 560 g/mol.